The summed E-state index contributed by atoms with van der Waals surface area (Å²) in [4.78, 5) is 13.2. The van der Waals surface area contributed by atoms with E-state index in [0.717, 1.165) is 26.4 Å². The number of fused-ring (bicyclic) bond motifs is 1. The highest BCUT2D eigenvalue weighted by atomic mass is 32.2. The van der Waals surface area contributed by atoms with Crippen molar-refractivity contribution in [3.05, 3.63) is 118 Å². The number of nitrogens with one attached hydrogen (secondary N) is 1. The van der Waals surface area contributed by atoms with Gasteiger partial charge in [0.15, 0.2) is 0 Å². The monoisotopic (exact) mass is 499 g/mol. The number of pyridine rings is 1. The first-order valence-electron chi connectivity index (χ1n) is 11.5. The topological polar surface area (TPSA) is 94.2 Å². The molecule has 5 aromatic rings. The molecule has 0 saturated heterocycles. The van der Waals surface area contributed by atoms with Gasteiger partial charge in [0.2, 0.25) is 10.0 Å². The Balaban J connectivity index is 1.68. The zero-order chi connectivity index (χ0) is 25.3. The lowest BCUT2D eigenvalue weighted by atomic mass is 10.0. The van der Waals surface area contributed by atoms with E-state index < -0.39 is 15.6 Å². The van der Waals surface area contributed by atoms with Crippen LogP contribution in [0, 0.1) is 13.8 Å². The molecule has 182 valence electrons. The minimum atomic E-state index is -3.99. The minimum absolute atomic E-state index is 0.286. The van der Waals surface area contributed by atoms with Gasteiger partial charge in [0.1, 0.15) is 5.76 Å². The van der Waals surface area contributed by atoms with Gasteiger partial charge in [0.25, 0.3) is 5.56 Å². The van der Waals surface area contributed by atoms with Gasteiger partial charge in [-0.1, -0.05) is 71.9 Å². The van der Waals surface area contributed by atoms with Crippen LogP contribution in [0.1, 0.15) is 22.6 Å². The molecule has 0 atom stereocenters. The Bertz CT molecular complexity index is 1690. The molecule has 2 heterocycles. The van der Waals surface area contributed by atoms with E-state index in [1.165, 1.54) is 6.07 Å². The standard InChI is InChI=1S/C28H25N3O4S/c1-19-28(20(2)35-30-19)23-13-14-26-24(15-23)25(29-17-21-9-5-3-6-10-21)16-27(32)31(26)36(33,34)18-22-11-7-4-8-12-22/h3-16,29H,17-18H2,1-2H3. The molecule has 5 rings (SSSR count). The number of rotatable bonds is 7. The second-order valence-corrected chi connectivity index (χ2v) is 10.5. The van der Waals surface area contributed by atoms with Gasteiger partial charge < -0.3 is 9.84 Å². The fourth-order valence-corrected chi connectivity index (χ4v) is 5.96. The molecule has 36 heavy (non-hydrogen) atoms. The van der Waals surface area contributed by atoms with Gasteiger partial charge in [-0.05, 0) is 42.7 Å². The summed E-state index contributed by atoms with van der Waals surface area (Å²) in [6.45, 7) is 4.17. The van der Waals surface area contributed by atoms with Crippen molar-refractivity contribution in [2.75, 3.05) is 5.32 Å². The van der Waals surface area contributed by atoms with Crippen LogP contribution >= 0.6 is 0 Å². The Kier molecular flexibility index (Phi) is 6.20. The first-order chi connectivity index (χ1) is 17.3. The minimum Gasteiger partial charge on any atom is -0.380 e. The fraction of sp³-hybridized carbons (Fsp3) is 0.143. The van der Waals surface area contributed by atoms with E-state index in [1.807, 2.05) is 56.3 Å². The van der Waals surface area contributed by atoms with Gasteiger partial charge in [0.05, 0.1) is 17.0 Å². The van der Waals surface area contributed by atoms with Crippen molar-refractivity contribution in [3.63, 3.8) is 0 Å². The molecule has 3 aromatic carbocycles. The number of benzene rings is 3. The third-order valence-corrected chi connectivity index (χ3v) is 7.72. The zero-order valence-corrected chi connectivity index (χ0v) is 20.7. The Morgan fingerprint density at radius 3 is 2.19 bits per heavy atom. The van der Waals surface area contributed by atoms with Crippen molar-refractivity contribution in [1.29, 1.82) is 0 Å². The van der Waals surface area contributed by atoms with Crippen LogP contribution in [0.3, 0.4) is 0 Å². The van der Waals surface area contributed by atoms with Crippen molar-refractivity contribution in [2.24, 2.45) is 0 Å². The summed E-state index contributed by atoms with van der Waals surface area (Å²) in [7, 11) is -3.99. The van der Waals surface area contributed by atoms with E-state index in [0.29, 0.717) is 34.5 Å². The highest BCUT2D eigenvalue weighted by molar-refractivity contribution is 7.89. The van der Waals surface area contributed by atoms with E-state index in [2.05, 4.69) is 10.5 Å². The number of aryl methyl sites for hydroxylation is 2. The molecule has 1 N–H and O–H groups in total. The summed E-state index contributed by atoms with van der Waals surface area (Å²) >= 11 is 0. The second-order valence-electron chi connectivity index (χ2n) is 8.67. The lowest BCUT2D eigenvalue weighted by Gasteiger charge is -2.16. The maximum Gasteiger partial charge on any atom is 0.266 e. The number of anilines is 1. The Hall–Kier alpha value is -4.17. The molecule has 0 aliphatic heterocycles. The number of nitrogens with zero attached hydrogens (tertiary/aromatic N) is 2. The van der Waals surface area contributed by atoms with Crippen LogP contribution in [0.15, 0.2) is 94.2 Å². The highest BCUT2D eigenvalue weighted by Crippen LogP contribution is 2.32. The van der Waals surface area contributed by atoms with Crippen molar-refractivity contribution < 1.29 is 12.9 Å². The number of aromatic nitrogens is 2. The summed E-state index contributed by atoms with van der Waals surface area (Å²) in [5.74, 6) is 0.376. The van der Waals surface area contributed by atoms with Crippen LogP contribution in [-0.2, 0) is 22.3 Å². The Morgan fingerprint density at radius 1 is 0.889 bits per heavy atom. The molecule has 0 saturated carbocycles. The predicted octanol–water partition coefficient (Wildman–Crippen LogP) is 5.26. The van der Waals surface area contributed by atoms with E-state index in [4.69, 9.17) is 4.52 Å². The molecule has 0 spiro atoms. The average Bonchev–Trinajstić information content (AvgIpc) is 3.20. The fourth-order valence-electron chi connectivity index (χ4n) is 4.43. The zero-order valence-electron chi connectivity index (χ0n) is 19.9. The summed E-state index contributed by atoms with van der Waals surface area (Å²) in [5.41, 5.74) is 4.30. The van der Waals surface area contributed by atoms with Gasteiger partial charge in [0, 0.05) is 29.2 Å². The maximum absolute atomic E-state index is 13.5. The van der Waals surface area contributed by atoms with Gasteiger partial charge in [-0.25, -0.2) is 12.4 Å². The number of hydrogen-bond acceptors (Lipinski definition) is 6. The molecule has 0 radical (unpaired) electrons. The summed E-state index contributed by atoms with van der Waals surface area (Å²) < 4.78 is 33.2. The normalized spacial score (nSPS) is 11.6. The van der Waals surface area contributed by atoms with E-state index in [9.17, 15) is 13.2 Å². The largest absolute Gasteiger partial charge is 0.380 e. The lowest BCUT2D eigenvalue weighted by molar-refractivity contribution is 0.393. The van der Waals surface area contributed by atoms with Crippen molar-refractivity contribution in [1.82, 2.24) is 9.13 Å². The predicted molar refractivity (Wildman–Crippen MR) is 141 cm³/mol. The molecule has 0 aliphatic rings. The molecule has 0 bridgehead atoms. The summed E-state index contributed by atoms with van der Waals surface area (Å²) in [6, 6.07) is 25.3. The van der Waals surface area contributed by atoms with E-state index >= 15 is 0 Å². The van der Waals surface area contributed by atoms with Gasteiger partial charge in [-0.3, -0.25) is 4.79 Å². The van der Waals surface area contributed by atoms with Crippen molar-refractivity contribution in [2.45, 2.75) is 26.1 Å². The summed E-state index contributed by atoms with van der Waals surface area (Å²) in [5, 5.41) is 7.99. The quantitative estimate of drug-likeness (QED) is 0.328. The molecule has 0 amide bonds. The van der Waals surface area contributed by atoms with Crippen LogP contribution in [0.25, 0.3) is 22.0 Å². The Labute approximate surface area is 209 Å². The van der Waals surface area contributed by atoms with Gasteiger partial charge in [-0.15, -0.1) is 0 Å². The molecule has 0 fully saturated rings. The molecule has 7 nitrogen and oxygen atoms in total. The van der Waals surface area contributed by atoms with Gasteiger partial charge >= 0.3 is 0 Å². The van der Waals surface area contributed by atoms with Crippen LogP contribution in [0.5, 0.6) is 0 Å². The van der Waals surface area contributed by atoms with Crippen molar-refractivity contribution in [3.8, 4) is 11.1 Å². The molecule has 8 heteroatoms. The third-order valence-electron chi connectivity index (χ3n) is 6.09. The molecule has 0 unspecified atom stereocenters. The Morgan fingerprint density at radius 2 is 1.56 bits per heavy atom. The average molecular weight is 500 g/mol. The summed E-state index contributed by atoms with van der Waals surface area (Å²) in [6.07, 6.45) is 0. The molecule has 0 aliphatic carbocycles. The highest BCUT2D eigenvalue weighted by Gasteiger charge is 2.22. The lowest BCUT2D eigenvalue weighted by Crippen LogP contribution is -2.29. The number of hydrogen-bond donors (Lipinski definition) is 1. The molecular weight excluding hydrogens is 474 g/mol. The first kappa shape index (κ1) is 23.6. The van der Waals surface area contributed by atoms with Crippen LogP contribution in [0.2, 0.25) is 0 Å². The van der Waals surface area contributed by atoms with E-state index in [1.54, 1.807) is 36.4 Å². The second kappa shape index (κ2) is 9.47. The van der Waals surface area contributed by atoms with Crippen molar-refractivity contribution >= 4 is 26.6 Å². The maximum atomic E-state index is 13.5. The SMILES string of the molecule is Cc1noc(C)c1-c1ccc2c(c1)c(NCc1ccccc1)cc(=O)n2S(=O)(=O)Cc1ccccc1. The van der Waals surface area contributed by atoms with Crippen LogP contribution in [0.4, 0.5) is 5.69 Å². The third kappa shape index (κ3) is 4.55. The molecule has 2 aromatic heterocycles. The van der Waals surface area contributed by atoms with Crippen LogP contribution < -0.4 is 10.9 Å². The van der Waals surface area contributed by atoms with Gasteiger partial charge in [-0.2, -0.15) is 0 Å². The first-order valence-corrected chi connectivity index (χ1v) is 13.1. The van der Waals surface area contributed by atoms with E-state index in [-0.39, 0.29) is 5.75 Å². The van der Waals surface area contributed by atoms with Crippen LogP contribution in [-0.4, -0.2) is 17.5 Å². The molecular formula is C28H25N3O4S. The smallest absolute Gasteiger partial charge is 0.266 e.